The van der Waals surface area contributed by atoms with Gasteiger partial charge in [-0.05, 0) is 37.5 Å². The Bertz CT molecular complexity index is 693. The maximum Gasteiger partial charge on any atom is 0.246 e. The lowest BCUT2D eigenvalue weighted by Crippen LogP contribution is -2.45. The van der Waals surface area contributed by atoms with Crippen LogP contribution in [0.3, 0.4) is 0 Å². The molecule has 1 N–H and O–H groups in total. The third kappa shape index (κ3) is 4.05. The summed E-state index contributed by atoms with van der Waals surface area (Å²) < 4.78 is 45.5. The van der Waals surface area contributed by atoms with Crippen molar-refractivity contribution in [3.63, 3.8) is 0 Å². The minimum atomic E-state index is -3.93. The highest BCUT2D eigenvalue weighted by Crippen LogP contribution is 2.30. The number of piperidine rings is 1. The van der Waals surface area contributed by atoms with Crippen molar-refractivity contribution in [1.82, 2.24) is 9.62 Å². The molecule has 0 radical (unpaired) electrons. The summed E-state index contributed by atoms with van der Waals surface area (Å²) in [4.78, 5) is 11.9. The fourth-order valence-corrected chi connectivity index (χ4v) is 4.45. The molecule has 0 saturated carbocycles. The summed E-state index contributed by atoms with van der Waals surface area (Å²) in [7, 11) is -2.59. The van der Waals surface area contributed by atoms with Crippen LogP contribution in [0.1, 0.15) is 26.2 Å². The maximum absolute atomic E-state index is 13.5. The molecule has 1 saturated heterocycles. The lowest BCUT2D eigenvalue weighted by molar-refractivity contribution is -0.126. The average molecular weight is 358 g/mol. The lowest BCUT2D eigenvalue weighted by Gasteiger charge is -2.31. The molecule has 1 aromatic carbocycles. The first-order valence-corrected chi connectivity index (χ1v) is 9.45. The molecule has 0 aromatic heterocycles. The van der Waals surface area contributed by atoms with Crippen LogP contribution in [-0.4, -0.2) is 45.4 Å². The molecule has 24 heavy (non-hydrogen) atoms. The minimum absolute atomic E-state index is 0.0916. The average Bonchev–Trinajstić information content (AvgIpc) is 2.59. The van der Waals surface area contributed by atoms with E-state index in [4.69, 9.17) is 4.74 Å². The SMILES string of the molecule is CCCNC(=O)[C@H]1CCCN(S(=O)(=O)c2cc(F)ccc2OC)C1. The van der Waals surface area contributed by atoms with Crippen LogP contribution in [0.5, 0.6) is 5.75 Å². The zero-order valence-corrected chi connectivity index (χ0v) is 14.7. The topological polar surface area (TPSA) is 75.7 Å². The van der Waals surface area contributed by atoms with Crippen LogP contribution < -0.4 is 10.1 Å². The van der Waals surface area contributed by atoms with Crippen LogP contribution in [0.4, 0.5) is 4.39 Å². The van der Waals surface area contributed by atoms with E-state index in [-0.39, 0.29) is 29.0 Å². The van der Waals surface area contributed by atoms with Crippen LogP contribution >= 0.6 is 0 Å². The second-order valence-corrected chi connectivity index (χ2v) is 7.69. The van der Waals surface area contributed by atoms with Gasteiger partial charge in [0.1, 0.15) is 16.5 Å². The number of carbonyl (C=O) groups is 1. The van der Waals surface area contributed by atoms with Gasteiger partial charge in [-0.15, -0.1) is 0 Å². The number of nitrogens with one attached hydrogen (secondary N) is 1. The van der Waals surface area contributed by atoms with E-state index in [9.17, 15) is 17.6 Å². The summed E-state index contributed by atoms with van der Waals surface area (Å²) in [5, 5.41) is 2.80. The Labute approximate surface area is 142 Å². The van der Waals surface area contributed by atoms with Gasteiger partial charge >= 0.3 is 0 Å². The molecule has 0 bridgehead atoms. The van der Waals surface area contributed by atoms with Gasteiger partial charge in [0.15, 0.2) is 0 Å². The predicted molar refractivity (Wildman–Crippen MR) is 87.7 cm³/mol. The Morgan fingerprint density at radius 1 is 1.46 bits per heavy atom. The molecule has 0 unspecified atom stereocenters. The van der Waals surface area contributed by atoms with E-state index in [1.165, 1.54) is 17.5 Å². The molecule has 1 amide bonds. The lowest BCUT2D eigenvalue weighted by atomic mass is 9.99. The van der Waals surface area contributed by atoms with Crippen molar-refractivity contribution in [2.24, 2.45) is 5.92 Å². The van der Waals surface area contributed by atoms with E-state index in [0.717, 1.165) is 18.6 Å². The summed E-state index contributed by atoms with van der Waals surface area (Å²) in [6.07, 6.45) is 2.05. The molecular formula is C16H23FN2O4S. The first-order chi connectivity index (χ1) is 11.4. The van der Waals surface area contributed by atoms with Gasteiger partial charge in [0.05, 0.1) is 13.0 Å². The highest BCUT2D eigenvalue weighted by atomic mass is 32.2. The number of ether oxygens (including phenoxy) is 1. The van der Waals surface area contributed by atoms with Crippen molar-refractivity contribution >= 4 is 15.9 Å². The number of hydrogen-bond acceptors (Lipinski definition) is 4. The number of sulfonamides is 1. The fraction of sp³-hybridized carbons (Fsp3) is 0.562. The predicted octanol–water partition coefficient (Wildman–Crippen LogP) is 1.76. The zero-order valence-electron chi connectivity index (χ0n) is 13.9. The monoisotopic (exact) mass is 358 g/mol. The van der Waals surface area contributed by atoms with E-state index in [0.29, 0.717) is 25.9 Å². The van der Waals surface area contributed by atoms with Crippen LogP contribution in [0.25, 0.3) is 0 Å². The Morgan fingerprint density at radius 3 is 2.88 bits per heavy atom. The number of methoxy groups -OCH3 is 1. The molecular weight excluding hydrogens is 335 g/mol. The number of amides is 1. The zero-order chi connectivity index (χ0) is 17.7. The van der Waals surface area contributed by atoms with Gasteiger partial charge in [-0.1, -0.05) is 6.92 Å². The molecule has 1 aliphatic rings. The van der Waals surface area contributed by atoms with Gasteiger partial charge in [-0.2, -0.15) is 4.31 Å². The normalized spacial score (nSPS) is 19.0. The van der Waals surface area contributed by atoms with Crippen molar-refractivity contribution in [1.29, 1.82) is 0 Å². The minimum Gasteiger partial charge on any atom is -0.495 e. The second kappa shape index (κ2) is 7.94. The molecule has 1 heterocycles. The molecule has 1 fully saturated rings. The van der Waals surface area contributed by atoms with Gasteiger partial charge in [0.25, 0.3) is 0 Å². The van der Waals surface area contributed by atoms with Gasteiger partial charge < -0.3 is 10.1 Å². The Hall–Kier alpha value is -1.67. The van der Waals surface area contributed by atoms with Crippen molar-refractivity contribution in [2.45, 2.75) is 31.1 Å². The van der Waals surface area contributed by atoms with Crippen LogP contribution in [0.2, 0.25) is 0 Å². The highest BCUT2D eigenvalue weighted by molar-refractivity contribution is 7.89. The Kier molecular flexibility index (Phi) is 6.17. The summed E-state index contributed by atoms with van der Waals surface area (Å²) in [5.41, 5.74) is 0. The summed E-state index contributed by atoms with van der Waals surface area (Å²) in [5.74, 6) is -1.08. The Morgan fingerprint density at radius 2 is 2.21 bits per heavy atom. The Balaban J connectivity index is 2.23. The van der Waals surface area contributed by atoms with Gasteiger partial charge in [0.2, 0.25) is 15.9 Å². The summed E-state index contributed by atoms with van der Waals surface area (Å²) >= 11 is 0. The maximum atomic E-state index is 13.5. The molecule has 1 aromatic rings. The highest BCUT2D eigenvalue weighted by Gasteiger charge is 2.34. The number of rotatable bonds is 6. The molecule has 134 valence electrons. The number of halogens is 1. The largest absolute Gasteiger partial charge is 0.495 e. The van der Waals surface area contributed by atoms with E-state index >= 15 is 0 Å². The number of nitrogens with zero attached hydrogens (tertiary/aromatic N) is 1. The third-order valence-corrected chi connectivity index (χ3v) is 5.93. The van der Waals surface area contributed by atoms with Gasteiger partial charge in [0, 0.05) is 19.6 Å². The molecule has 1 atom stereocenters. The van der Waals surface area contributed by atoms with Crippen LogP contribution in [0.15, 0.2) is 23.1 Å². The molecule has 6 nitrogen and oxygen atoms in total. The van der Waals surface area contributed by atoms with E-state index < -0.39 is 15.8 Å². The number of carbonyl (C=O) groups excluding carboxylic acids is 1. The van der Waals surface area contributed by atoms with Crippen molar-refractivity contribution in [3.05, 3.63) is 24.0 Å². The summed E-state index contributed by atoms with van der Waals surface area (Å²) in [6.45, 7) is 2.92. The van der Waals surface area contributed by atoms with Crippen molar-refractivity contribution < 1.29 is 22.3 Å². The van der Waals surface area contributed by atoms with E-state index in [2.05, 4.69) is 5.32 Å². The number of benzene rings is 1. The third-order valence-electron chi connectivity index (χ3n) is 4.05. The smallest absolute Gasteiger partial charge is 0.246 e. The van der Waals surface area contributed by atoms with Crippen LogP contribution in [0, 0.1) is 11.7 Å². The standard InChI is InChI=1S/C16H23FN2O4S/c1-3-8-18-16(20)12-5-4-9-19(11-12)24(21,22)15-10-13(17)6-7-14(15)23-2/h6-7,10,12H,3-5,8-9,11H2,1-2H3,(H,18,20)/t12-/m0/s1. The first-order valence-electron chi connectivity index (χ1n) is 8.01. The molecule has 1 aliphatic heterocycles. The first kappa shape index (κ1) is 18.7. The second-order valence-electron chi connectivity index (χ2n) is 5.79. The van der Waals surface area contributed by atoms with E-state index in [1.807, 2.05) is 6.92 Å². The van der Waals surface area contributed by atoms with Gasteiger partial charge in [-0.3, -0.25) is 4.79 Å². The van der Waals surface area contributed by atoms with Crippen LogP contribution in [-0.2, 0) is 14.8 Å². The molecule has 0 aliphatic carbocycles. The molecule has 2 rings (SSSR count). The summed E-state index contributed by atoms with van der Waals surface area (Å²) in [6, 6.07) is 3.39. The fourth-order valence-electron chi connectivity index (χ4n) is 2.76. The van der Waals surface area contributed by atoms with Gasteiger partial charge in [-0.25, -0.2) is 12.8 Å². The number of hydrogen-bond donors (Lipinski definition) is 1. The van der Waals surface area contributed by atoms with E-state index in [1.54, 1.807) is 0 Å². The molecule has 0 spiro atoms. The van der Waals surface area contributed by atoms with Crippen molar-refractivity contribution in [2.75, 3.05) is 26.7 Å². The van der Waals surface area contributed by atoms with Crippen molar-refractivity contribution in [3.8, 4) is 5.75 Å². The molecule has 8 heteroatoms. The quantitative estimate of drug-likeness (QED) is 0.841.